The van der Waals surface area contributed by atoms with Gasteiger partial charge < -0.3 is 9.64 Å². The molecule has 0 unspecified atom stereocenters. The normalized spacial score (nSPS) is 14.1. The van der Waals surface area contributed by atoms with Crippen molar-refractivity contribution in [1.82, 2.24) is 30.2 Å². The van der Waals surface area contributed by atoms with Gasteiger partial charge >= 0.3 is 0 Å². The third-order valence-corrected chi connectivity index (χ3v) is 4.97. The number of benzene rings is 2. The van der Waals surface area contributed by atoms with Crippen LogP contribution in [0.4, 0.5) is 14.7 Å². The first kappa shape index (κ1) is 19.2. The lowest BCUT2D eigenvalue weighted by atomic mass is 10.1. The summed E-state index contributed by atoms with van der Waals surface area (Å²) in [6.45, 7) is 2.34. The van der Waals surface area contributed by atoms with Crippen LogP contribution in [0.5, 0.6) is 0 Å². The van der Waals surface area contributed by atoms with Crippen LogP contribution in [0.3, 0.4) is 0 Å². The molecule has 4 aromatic rings. The Morgan fingerprint density at radius 3 is 2.52 bits per heavy atom. The number of rotatable bonds is 4. The summed E-state index contributed by atoms with van der Waals surface area (Å²) in [5.74, 6) is -0.617. The lowest BCUT2D eigenvalue weighted by Crippen LogP contribution is -2.37. The van der Waals surface area contributed by atoms with Gasteiger partial charge in [-0.1, -0.05) is 18.2 Å². The van der Waals surface area contributed by atoms with Crippen LogP contribution < -0.4 is 4.90 Å². The molecule has 0 bridgehead atoms. The number of hydrogen-bond donors (Lipinski definition) is 0. The Hall–Kier alpha value is -3.79. The lowest BCUT2D eigenvalue weighted by molar-refractivity contribution is 0.122. The summed E-state index contributed by atoms with van der Waals surface area (Å²) in [4.78, 5) is 11.1. The maximum absolute atomic E-state index is 14.8. The maximum atomic E-state index is 14.8. The number of tetrazole rings is 1. The summed E-state index contributed by atoms with van der Waals surface area (Å²) >= 11 is 0. The largest absolute Gasteiger partial charge is 0.378 e. The molecule has 8 nitrogen and oxygen atoms in total. The highest BCUT2D eigenvalue weighted by atomic mass is 19.1. The van der Waals surface area contributed by atoms with Gasteiger partial charge in [0.2, 0.25) is 5.95 Å². The maximum Gasteiger partial charge on any atom is 0.226 e. The monoisotopic (exact) mass is 421 g/mol. The molecule has 0 aliphatic carbocycles. The quantitative estimate of drug-likeness (QED) is 0.501. The molecule has 31 heavy (non-hydrogen) atoms. The highest BCUT2D eigenvalue weighted by Gasteiger charge is 2.23. The summed E-state index contributed by atoms with van der Waals surface area (Å²) in [5.41, 5.74) is 1.57. The van der Waals surface area contributed by atoms with E-state index in [4.69, 9.17) is 4.74 Å². The summed E-state index contributed by atoms with van der Waals surface area (Å²) < 4.78 is 35.2. The fourth-order valence-electron chi connectivity index (χ4n) is 3.44. The SMILES string of the molecule is Fc1ccc(-c2nc(N3CCOCC3)ncc2-c2nnnn2-c2ccccc2)c(F)c1. The molecular weight excluding hydrogens is 404 g/mol. The Kier molecular flexibility index (Phi) is 5.04. The molecule has 0 amide bonds. The van der Waals surface area contributed by atoms with E-state index in [2.05, 4.69) is 25.5 Å². The van der Waals surface area contributed by atoms with Gasteiger partial charge in [-0.3, -0.25) is 0 Å². The Morgan fingerprint density at radius 1 is 0.935 bits per heavy atom. The second kappa shape index (κ2) is 8.15. The Balaban J connectivity index is 1.68. The van der Waals surface area contributed by atoms with Crippen LogP contribution in [0.25, 0.3) is 28.3 Å². The predicted octanol–water partition coefficient (Wildman–Crippen LogP) is 2.90. The predicted molar refractivity (Wildman–Crippen MR) is 109 cm³/mol. The molecule has 0 spiro atoms. The molecule has 0 N–H and O–H groups in total. The van der Waals surface area contributed by atoms with Crippen molar-refractivity contribution in [3.8, 4) is 28.3 Å². The molecular formula is C21H17F2N7O. The van der Waals surface area contributed by atoms with Gasteiger partial charge in [0.25, 0.3) is 0 Å². The molecule has 0 radical (unpaired) electrons. The van der Waals surface area contributed by atoms with E-state index >= 15 is 0 Å². The third kappa shape index (κ3) is 3.73. The molecule has 2 aromatic carbocycles. The van der Waals surface area contributed by atoms with Gasteiger partial charge in [0, 0.05) is 30.9 Å². The van der Waals surface area contributed by atoms with Gasteiger partial charge in [0.05, 0.1) is 30.2 Å². The zero-order chi connectivity index (χ0) is 21.2. The van der Waals surface area contributed by atoms with Crippen molar-refractivity contribution in [3.05, 3.63) is 66.4 Å². The summed E-state index contributed by atoms with van der Waals surface area (Å²) in [6.07, 6.45) is 1.57. The fraction of sp³-hybridized carbons (Fsp3) is 0.190. The first-order valence-corrected chi connectivity index (χ1v) is 9.70. The molecule has 2 aromatic heterocycles. The molecule has 1 aliphatic heterocycles. The van der Waals surface area contributed by atoms with E-state index in [0.717, 1.165) is 11.8 Å². The minimum Gasteiger partial charge on any atom is -0.378 e. The van der Waals surface area contributed by atoms with E-state index in [1.165, 1.54) is 16.8 Å². The second-order valence-electron chi connectivity index (χ2n) is 6.91. The standard InChI is InChI=1S/C21H17F2N7O/c22-14-6-7-16(18(23)12-14)19-17(13-24-21(25-19)29-8-10-31-11-9-29)20-26-27-28-30(20)15-4-2-1-3-5-15/h1-7,12-13H,8-11H2. The third-order valence-electron chi connectivity index (χ3n) is 4.97. The van der Waals surface area contributed by atoms with Crippen molar-refractivity contribution in [2.24, 2.45) is 0 Å². The van der Waals surface area contributed by atoms with Crippen LogP contribution in [-0.2, 0) is 4.74 Å². The molecule has 1 saturated heterocycles. The van der Waals surface area contributed by atoms with E-state index in [1.807, 2.05) is 35.2 Å². The van der Waals surface area contributed by atoms with E-state index in [9.17, 15) is 8.78 Å². The lowest BCUT2D eigenvalue weighted by Gasteiger charge is -2.27. The Bertz CT molecular complexity index is 1210. The Labute approximate surface area is 176 Å². The number of halogens is 2. The fourth-order valence-corrected chi connectivity index (χ4v) is 3.44. The van der Waals surface area contributed by atoms with Crippen LogP contribution in [0, 0.1) is 11.6 Å². The number of ether oxygens (including phenoxy) is 1. The molecule has 1 fully saturated rings. The molecule has 5 rings (SSSR count). The van der Waals surface area contributed by atoms with E-state index < -0.39 is 11.6 Å². The topological polar surface area (TPSA) is 81.8 Å². The van der Waals surface area contributed by atoms with Gasteiger partial charge in [-0.2, -0.15) is 4.68 Å². The van der Waals surface area contributed by atoms with Crippen LogP contribution in [0.1, 0.15) is 0 Å². The number of anilines is 1. The van der Waals surface area contributed by atoms with E-state index in [0.29, 0.717) is 43.6 Å². The number of para-hydroxylation sites is 1. The molecule has 10 heteroatoms. The van der Waals surface area contributed by atoms with Crippen molar-refractivity contribution in [3.63, 3.8) is 0 Å². The minimum absolute atomic E-state index is 0.135. The molecule has 0 atom stereocenters. The second-order valence-corrected chi connectivity index (χ2v) is 6.91. The van der Waals surface area contributed by atoms with Crippen molar-refractivity contribution >= 4 is 5.95 Å². The average Bonchev–Trinajstić information content (AvgIpc) is 3.30. The number of aromatic nitrogens is 6. The zero-order valence-corrected chi connectivity index (χ0v) is 16.3. The molecule has 1 aliphatic rings. The van der Waals surface area contributed by atoms with Crippen LogP contribution >= 0.6 is 0 Å². The zero-order valence-electron chi connectivity index (χ0n) is 16.3. The highest BCUT2D eigenvalue weighted by molar-refractivity contribution is 5.78. The summed E-state index contributed by atoms with van der Waals surface area (Å²) in [6, 6.07) is 12.7. The highest BCUT2D eigenvalue weighted by Crippen LogP contribution is 2.33. The molecule has 156 valence electrons. The number of hydrogen-bond acceptors (Lipinski definition) is 7. The van der Waals surface area contributed by atoms with E-state index in [-0.39, 0.29) is 11.3 Å². The van der Waals surface area contributed by atoms with Crippen LogP contribution in [0.15, 0.2) is 54.7 Å². The van der Waals surface area contributed by atoms with Gasteiger partial charge in [0.15, 0.2) is 5.82 Å². The molecule has 0 saturated carbocycles. The minimum atomic E-state index is -0.730. The number of nitrogens with zero attached hydrogens (tertiary/aromatic N) is 7. The summed E-state index contributed by atoms with van der Waals surface area (Å²) in [5, 5.41) is 12.0. The van der Waals surface area contributed by atoms with Crippen molar-refractivity contribution in [2.45, 2.75) is 0 Å². The first-order chi connectivity index (χ1) is 15.2. The van der Waals surface area contributed by atoms with Crippen LogP contribution in [0.2, 0.25) is 0 Å². The molecule has 3 heterocycles. The number of morpholine rings is 1. The van der Waals surface area contributed by atoms with Crippen molar-refractivity contribution < 1.29 is 13.5 Å². The van der Waals surface area contributed by atoms with Gasteiger partial charge in [-0.15, -0.1) is 5.10 Å². The first-order valence-electron chi connectivity index (χ1n) is 9.70. The Morgan fingerprint density at radius 2 is 1.74 bits per heavy atom. The van der Waals surface area contributed by atoms with Gasteiger partial charge in [-0.05, 0) is 34.7 Å². The van der Waals surface area contributed by atoms with Crippen LogP contribution in [-0.4, -0.2) is 56.5 Å². The van der Waals surface area contributed by atoms with Gasteiger partial charge in [-0.25, -0.2) is 18.7 Å². The van der Waals surface area contributed by atoms with Gasteiger partial charge in [0.1, 0.15) is 11.6 Å². The van der Waals surface area contributed by atoms with Crippen molar-refractivity contribution in [2.75, 3.05) is 31.2 Å². The van der Waals surface area contributed by atoms with E-state index in [1.54, 1.807) is 6.20 Å². The summed E-state index contributed by atoms with van der Waals surface area (Å²) in [7, 11) is 0. The smallest absolute Gasteiger partial charge is 0.226 e. The average molecular weight is 421 g/mol. The van der Waals surface area contributed by atoms with Crippen molar-refractivity contribution in [1.29, 1.82) is 0 Å².